The third-order valence-corrected chi connectivity index (χ3v) is 4.76. The fraction of sp³-hybridized carbons (Fsp3) is 0.333. The zero-order chi connectivity index (χ0) is 16.4. The zero-order valence-corrected chi connectivity index (χ0v) is 14.8. The van der Waals surface area contributed by atoms with Crippen molar-refractivity contribution in [3.63, 3.8) is 0 Å². The molecular formula is C18H22N4S. The van der Waals surface area contributed by atoms with E-state index < -0.39 is 0 Å². The Labute approximate surface area is 140 Å². The first-order valence-electron chi connectivity index (χ1n) is 7.86. The molecule has 5 heteroatoms. The van der Waals surface area contributed by atoms with E-state index in [1.54, 1.807) is 11.3 Å². The van der Waals surface area contributed by atoms with Crippen LogP contribution < -0.4 is 5.43 Å². The standard InChI is InChI=1S/C18H22N4S/c1-12(2)11-22-13(3)9-15(14(22)4)10-19-21-18-20-16-7-5-6-8-17(16)23-18/h5-10,12H,11H2,1-4H3,(H,20,21)/b19-10-. The molecular weight excluding hydrogens is 304 g/mol. The Kier molecular flexibility index (Phi) is 4.48. The Balaban J connectivity index is 1.75. The van der Waals surface area contributed by atoms with E-state index in [4.69, 9.17) is 0 Å². The van der Waals surface area contributed by atoms with E-state index in [9.17, 15) is 0 Å². The molecule has 0 spiro atoms. The first-order chi connectivity index (χ1) is 11.0. The summed E-state index contributed by atoms with van der Waals surface area (Å²) in [6, 6.07) is 10.3. The molecule has 0 amide bonds. The molecule has 3 rings (SSSR count). The van der Waals surface area contributed by atoms with Crippen LogP contribution in [0.25, 0.3) is 10.2 Å². The van der Waals surface area contributed by atoms with E-state index in [1.165, 1.54) is 16.1 Å². The first kappa shape index (κ1) is 15.7. The lowest BCUT2D eigenvalue weighted by Gasteiger charge is -2.11. The molecule has 1 aromatic carbocycles. The molecule has 0 fully saturated rings. The Morgan fingerprint density at radius 3 is 2.83 bits per heavy atom. The maximum Gasteiger partial charge on any atom is 0.204 e. The Bertz CT molecular complexity index is 809. The Morgan fingerprint density at radius 2 is 2.09 bits per heavy atom. The molecule has 2 heterocycles. The van der Waals surface area contributed by atoms with Crippen LogP contribution in [-0.4, -0.2) is 15.8 Å². The van der Waals surface area contributed by atoms with E-state index in [0.717, 1.165) is 22.8 Å². The summed E-state index contributed by atoms with van der Waals surface area (Å²) in [6.45, 7) is 9.81. The number of aryl methyl sites for hydroxylation is 1. The molecule has 0 saturated heterocycles. The molecule has 0 saturated carbocycles. The fourth-order valence-corrected chi connectivity index (χ4v) is 3.50. The maximum atomic E-state index is 4.52. The smallest absolute Gasteiger partial charge is 0.204 e. The van der Waals surface area contributed by atoms with Gasteiger partial charge in [-0.25, -0.2) is 4.98 Å². The van der Waals surface area contributed by atoms with Crippen molar-refractivity contribution in [2.75, 3.05) is 5.43 Å². The van der Waals surface area contributed by atoms with Crippen molar-refractivity contribution >= 4 is 32.9 Å². The average Bonchev–Trinajstić information content (AvgIpc) is 3.03. The number of anilines is 1. The van der Waals surface area contributed by atoms with Gasteiger partial charge in [0.05, 0.1) is 16.4 Å². The van der Waals surface area contributed by atoms with E-state index in [1.807, 2.05) is 24.4 Å². The minimum absolute atomic E-state index is 0.630. The molecule has 1 N–H and O–H groups in total. The van der Waals surface area contributed by atoms with Crippen LogP contribution in [0.1, 0.15) is 30.8 Å². The summed E-state index contributed by atoms with van der Waals surface area (Å²) in [4.78, 5) is 4.52. The number of hydrazone groups is 1. The van der Waals surface area contributed by atoms with Crippen molar-refractivity contribution in [3.8, 4) is 0 Å². The molecule has 0 aliphatic rings. The van der Waals surface area contributed by atoms with Crippen LogP contribution in [0.2, 0.25) is 0 Å². The number of aromatic nitrogens is 2. The van der Waals surface area contributed by atoms with Gasteiger partial charge in [0.2, 0.25) is 5.13 Å². The Hall–Kier alpha value is -2.14. The predicted octanol–water partition coefficient (Wildman–Crippen LogP) is 4.82. The van der Waals surface area contributed by atoms with Crippen molar-refractivity contribution in [3.05, 3.63) is 47.3 Å². The van der Waals surface area contributed by atoms with Crippen LogP contribution >= 0.6 is 11.3 Å². The van der Waals surface area contributed by atoms with E-state index >= 15 is 0 Å². The lowest BCUT2D eigenvalue weighted by Crippen LogP contribution is -2.08. The van der Waals surface area contributed by atoms with Gasteiger partial charge in [-0.05, 0) is 38.0 Å². The van der Waals surface area contributed by atoms with Crippen LogP contribution in [0.3, 0.4) is 0 Å². The second kappa shape index (κ2) is 6.54. The third kappa shape index (κ3) is 3.45. The maximum absolute atomic E-state index is 4.52. The summed E-state index contributed by atoms with van der Waals surface area (Å²) in [5, 5.41) is 5.18. The summed E-state index contributed by atoms with van der Waals surface area (Å²) in [6.07, 6.45) is 1.88. The molecule has 0 unspecified atom stereocenters. The molecule has 23 heavy (non-hydrogen) atoms. The van der Waals surface area contributed by atoms with Crippen molar-refractivity contribution in [2.24, 2.45) is 11.0 Å². The molecule has 2 aromatic heterocycles. The normalized spacial score (nSPS) is 11.9. The van der Waals surface area contributed by atoms with Crippen molar-refractivity contribution in [1.29, 1.82) is 0 Å². The van der Waals surface area contributed by atoms with Gasteiger partial charge in [0.25, 0.3) is 0 Å². The van der Waals surface area contributed by atoms with Gasteiger partial charge in [-0.3, -0.25) is 5.43 Å². The molecule has 120 valence electrons. The highest BCUT2D eigenvalue weighted by atomic mass is 32.1. The minimum atomic E-state index is 0.630. The number of benzene rings is 1. The number of thiazole rings is 1. The summed E-state index contributed by atoms with van der Waals surface area (Å²) in [5.41, 5.74) is 7.73. The van der Waals surface area contributed by atoms with Crippen LogP contribution in [0.5, 0.6) is 0 Å². The van der Waals surface area contributed by atoms with Gasteiger partial charge in [0.15, 0.2) is 0 Å². The third-order valence-electron chi connectivity index (χ3n) is 3.82. The van der Waals surface area contributed by atoms with Gasteiger partial charge in [0, 0.05) is 23.5 Å². The lowest BCUT2D eigenvalue weighted by atomic mass is 10.2. The summed E-state index contributed by atoms with van der Waals surface area (Å²) < 4.78 is 3.52. The number of fused-ring (bicyclic) bond motifs is 1. The number of nitrogens with one attached hydrogen (secondary N) is 1. The largest absolute Gasteiger partial charge is 0.348 e. The van der Waals surface area contributed by atoms with E-state index in [2.05, 4.69) is 59.9 Å². The molecule has 4 nitrogen and oxygen atoms in total. The second-order valence-electron chi connectivity index (χ2n) is 6.19. The van der Waals surface area contributed by atoms with Crippen LogP contribution in [0.4, 0.5) is 5.13 Å². The average molecular weight is 326 g/mol. The van der Waals surface area contributed by atoms with Gasteiger partial charge in [-0.1, -0.05) is 37.3 Å². The molecule has 0 atom stereocenters. The van der Waals surface area contributed by atoms with Crippen molar-refractivity contribution < 1.29 is 0 Å². The van der Waals surface area contributed by atoms with Gasteiger partial charge < -0.3 is 4.57 Å². The van der Waals surface area contributed by atoms with Gasteiger partial charge in [-0.2, -0.15) is 5.10 Å². The highest BCUT2D eigenvalue weighted by Crippen LogP contribution is 2.25. The highest BCUT2D eigenvalue weighted by Gasteiger charge is 2.08. The number of rotatable bonds is 5. The van der Waals surface area contributed by atoms with Gasteiger partial charge in [0.1, 0.15) is 0 Å². The summed E-state index contributed by atoms with van der Waals surface area (Å²) >= 11 is 1.61. The van der Waals surface area contributed by atoms with Crippen LogP contribution in [0.15, 0.2) is 35.4 Å². The topological polar surface area (TPSA) is 42.2 Å². The van der Waals surface area contributed by atoms with E-state index in [0.29, 0.717) is 5.92 Å². The minimum Gasteiger partial charge on any atom is -0.348 e. The zero-order valence-electron chi connectivity index (χ0n) is 14.0. The van der Waals surface area contributed by atoms with E-state index in [-0.39, 0.29) is 0 Å². The van der Waals surface area contributed by atoms with Crippen molar-refractivity contribution in [1.82, 2.24) is 9.55 Å². The quantitative estimate of drug-likeness (QED) is 0.540. The molecule has 0 radical (unpaired) electrons. The highest BCUT2D eigenvalue weighted by molar-refractivity contribution is 7.22. The SMILES string of the molecule is Cc1cc(/C=N\Nc2nc3ccccc3s2)c(C)n1CC(C)C. The van der Waals surface area contributed by atoms with Crippen LogP contribution in [0, 0.1) is 19.8 Å². The number of nitrogens with zero attached hydrogens (tertiary/aromatic N) is 3. The molecule has 0 aliphatic heterocycles. The fourth-order valence-electron chi connectivity index (χ4n) is 2.68. The first-order valence-corrected chi connectivity index (χ1v) is 8.67. The molecule has 0 bridgehead atoms. The van der Waals surface area contributed by atoms with Crippen LogP contribution in [-0.2, 0) is 6.54 Å². The Morgan fingerprint density at radius 1 is 1.30 bits per heavy atom. The van der Waals surface area contributed by atoms with Gasteiger partial charge >= 0.3 is 0 Å². The predicted molar refractivity (Wildman–Crippen MR) is 99.6 cm³/mol. The second-order valence-corrected chi connectivity index (χ2v) is 7.22. The molecule has 3 aromatic rings. The monoisotopic (exact) mass is 326 g/mol. The van der Waals surface area contributed by atoms with Crippen molar-refractivity contribution in [2.45, 2.75) is 34.2 Å². The number of hydrogen-bond donors (Lipinski definition) is 1. The summed E-state index contributed by atoms with van der Waals surface area (Å²) in [7, 11) is 0. The molecule has 0 aliphatic carbocycles. The number of hydrogen-bond acceptors (Lipinski definition) is 4. The summed E-state index contributed by atoms with van der Waals surface area (Å²) in [5.74, 6) is 0.630. The lowest BCUT2D eigenvalue weighted by molar-refractivity contribution is 0.509. The van der Waals surface area contributed by atoms with Gasteiger partial charge in [-0.15, -0.1) is 0 Å². The number of para-hydroxylation sites is 1.